The van der Waals surface area contributed by atoms with Gasteiger partial charge in [-0.2, -0.15) is 0 Å². The summed E-state index contributed by atoms with van der Waals surface area (Å²) in [4.78, 5) is 12.0. The largest absolute Gasteiger partial charge is 0.464 e. The van der Waals surface area contributed by atoms with Crippen LogP contribution < -0.4 is 0 Å². The van der Waals surface area contributed by atoms with Gasteiger partial charge >= 0.3 is 5.97 Å². The van der Waals surface area contributed by atoms with Gasteiger partial charge in [0.25, 0.3) is 0 Å². The smallest absolute Gasteiger partial charge is 0.335 e. The molecule has 2 unspecified atom stereocenters. The first-order valence-electron chi connectivity index (χ1n) is 8.17. The minimum absolute atomic E-state index is 0.144. The molecule has 1 heterocycles. The molecular formula is C18H24O4. The summed E-state index contributed by atoms with van der Waals surface area (Å²) in [7, 11) is 0. The van der Waals surface area contributed by atoms with Gasteiger partial charge in [0.2, 0.25) is 0 Å². The third kappa shape index (κ3) is 2.34. The lowest BCUT2D eigenvalue weighted by atomic mass is 9.74. The van der Waals surface area contributed by atoms with Crippen molar-refractivity contribution in [3.63, 3.8) is 0 Å². The molecule has 1 aromatic rings. The molecule has 1 aliphatic heterocycles. The Morgan fingerprint density at radius 2 is 2.05 bits per heavy atom. The molecule has 2 fully saturated rings. The number of fused-ring (bicyclic) bond motifs is 1. The van der Waals surface area contributed by atoms with E-state index in [-0.39, 0.29) is 11.4 Å². The fraction of sp³-hybridized carbons (Fsp3) is 0.611. The number of hydrogen-bond acceptors (Lipinski definition) is 4. The van der Waals surface area contributed by atoms with Gasteiger partial charge in [0.1, 0.15) is 0 Å². The highest BCUT2D eigenvalue weighted by Crippen LogP contribution is 2.57. The number of rotatable bonds is 5. The molecule has 0 bridgehead atoms. The fourth-order valence-electron chi connectivity index (χ4n) is 4.03. The molecule has 0 N–H and O–H groups in total. The monoisotopic (exact) mass is 304 g/mol. The molecule has 4 heteroatoms. The number of esters is 1. The Balaban J connectivity index is 1.89. The van der Waals surface area contributed by atoms with Crippen molar-refractivity contribution in [2.24, 2.45) is 0 Å². The highest BCUT2D eigenvalue weighted by Gasteiger charge is 2.62. The summed E-state index contributed by atoms with van der Waals surface area (Å²) in [5.74, 6) is -1.01. The van der Waals surface area contributed by atoms with Crippen LogP contribution in [0.25, 0.3) is 0 Å². The van der Waals surface area contributed by atoms with Crippen molar-refractivity contribution in [2.75, 3.05) is 13.2 Å². The lowest BCUT2D eigenvalue weighted by Gasteiger charge is -2.40. The topological polar surface area (TPSA) is 44.8 Å². The molecule has 1 saturated heterocycles. The first-order chi connectivity index (χ1) is 10.6. The molecular weight excluding hydrogens is 280 g/mol. The Labute approximate surface area is 131 Å². The van der Waals surface area contributed by atoms with E-state index in [0.29, 0.717) is 13.2 Å². The molecule has 3 atom stereocenters. The maximum Gasteiger partial charge on any atom is 0.335 e. The van der Waals surface area contributed by atoms with Crippen LogP contribution in [0.2, 0.25) is 0 Å². The summed E-state index contributed by atoms with van der Waals surface area (Å²) < 4.78 is 17.4. The molecule has 2 aliphatic rings. The highest BCUT2D eigenvalue weighted by atomic mass is 16.7. The number of benzene rings is 1. The molecule has 22 heavy (non-hydrogen) atoms. The standard InChI is InChI=1S/C18H24O4/c1-3-20-16(19)14(2)22-18-11-7-10-17(18,12-13-21-18)15-8-5-4-6-9-15/h4-6,8-9,14H,3,7,10-13H2,1-2H3/t14?,17?,18-/m0/s1. The minimum Gasteiger partial charge on any atom is -0.464 e. The number of carbonyl (C=O) groups excluding carboxylic acids is 1. The van der Waals surface area contributed by atoms with E-state index < -0.39 is 11.9 Å². The quantitative estimate of drug-likeness (QED) is 0.784. The van der Waals surface area contributed by atoms with Crippen LogP contribution in [0.4, 0.5) is 0 Å². The van der Waals surface area contributed by atoms with E-state index in [1.54, 1.807) is 13.8 Å². The lowest BCUT2D eigenvalue weighted by Crippen LogP contribution is -2.49. The van der Waals surface area contributed by atoms with Gasteiger partial charge in [0.05, 0.1) is 18.6 Å². The van der Waals surface area contributed by atoms with Crippen LogP contribution in [0.15, 0.2) is 30.3 Å². The van der Waals surface area contributed by atoms with Crippen molar-refractivity contribution in [3.8, 4) is 0 Å². The van der Waals surface area contributed by atoms with Crippen LogP contribution in [0.5, 0.6) is 0 Å². The van der Waals surface area contributed by atoms with Crippen molar-refractivity contribution < 1.29 is 19.0 Å². The Morgan fingerprint density at radius 3 is 2.77 bits per heavy atom. The summed E-state index contributed by atoms with van der Waals surface area (Å²) in [5.41, 5.74) is 1.11. The van der Waals surface area contributed by atoms with Crippen molar-refractivity contribution in [1.82, 2.24) is 0 Å². The Bertz CT molecular complexity index is 515. The minimum atomic E-state index is -0.694. The molecule has 1 aliphatic carbocycles. The molecule has 120 valence electrons. The van der Waals surface area contributed by atoms with Gasteiger partial charge in [0, 0.05) is 6.42 Å². The first-order valence-corrected chi connectivity index (χ1v) is 8.17. The molecule has 0 amide bonds. The normalized spacial score (nSPS) is 31.7. The fourth-order valence-corrected chi connectivity index (χ4v) is 4.03. The molecule has 0 radical (unpaired) electrons. The Morgan fingerprint density at radius 1 is 1.27 bits per heavy atom. The zero-order valence-corrected chi connectivity index (χ0v) is 13.3. The maximum atomic E-state index is 12.0. The highest BCUT2D eigenvalue weighted by molar-refractivity contribution is 5.74. The zero-order chi connectivity index (χ0) is 15.6. The van der Waals surface area contributed by atoms with Crippen LogP contribution in [0, 0.1) is 0 Å². The van der Waals surface area contributed by atoms with Crippen LogP contribution in [-0.4, -0.2) is 31.1 Å². The van der Waals surface area contributed by atoms with Crippen LogP contribution in [0.1, 0.15) is 45.1 Å². The lowest BCUT2D eigenvalue weighted by molar-refractivity contribution is -0.252. The Hall–Kier alpha value is -1.39. The van der Waals surface area contributed by atoms with E-state index in [1.807, 2.05) is 6.07 Å². The second kappa shape index (κ2) is 6.01. The van der Waals surface area contributed by atoms with Gasteiger partial charge in [-0.3, -0.25) is 0 Å². The van der Waals surface area contributed by atoms with Crippen LogP contribution in [0.3, 0.4) is 0 Å². The van der Waals surface area contributed by atoms with Gasteiger partial charge in [0.15, 0.2) is 11.9 Å². The molecule has 0 aromatic heterocycles. The maximum absolute atomic E-state index is 12.0. The number of hydrogen-bond donors (Lipinski definition) is 0. The molecule has 1 saturated carbocycles. The van der Waals surface area contributed by atoms with E-state index >= 15 is 0 Å². The number of carbonyl (C=O) groups is 1. The third-order valence-corrected chi connectivity index (χ3v) is 5.01. The summed E-state index contributed by atoms with van der Waals surface area (Å²) >= 11 is 0. The molecule has 3 rings (SSSR count). The van der Waals surface area contributed by atoms with E-state index in [9.17, 15) is 4.79 Å². The van der Waals surface area contributed by atoms with E-state index in [1.165, 1.54) is 5.56 Å². The van der Waals surface area contributed by atoms with E-state index in [2.05, 4.69) is 24.3 Å². The van der Waals surface area contributed by atoms with Crippen molar-refractivity contribution >= 4 is 5.97 Å². The third-order valence-electron chi connectivity index (χ3n) is 5.01. The molecule has 4 nitrogen and oxygen atoms in total. The van der Waals surface area contributed by atoms with Crippen LogP contribution >= 0.6 is 0 Å². The molecule has 1 aromatic carbocycles. The summed E-state index contributed by atoms with van der Waals surface area (Å²) in [6.07, 6.45) is 3.23. The van der Waals surface area contributed by atoms with Crippen LogP contribution in [-0.2, 0) is 24.4 Å². The van der Waals surface area contributed by atoms with Gasteiger partial charge in [-0.05, 0) is 38.7 Å². The van der Waals surface area contributed by atoms with Gasteiger partial charge in [-0.1, -0.05) is 30.3 Å². The SMILES string of the molecule is CCOC(=O)C(C)O[C@@]12CCCC1(c1ccccc1)CCO2. The second-order valence-electron chi connectivity index (χ2n) is 6.17. The van der Waals surface area contributed by atoms with E-state index in [0.717, 1.165) is 25.7 Å². The van der Waals surface area contributed by atoms with Gasteiger partial charge < -0.3 is 14.2 Å². The first kappa shape index (κ1) is 15.5. The molecule has 0 spiro atoms. The van der Waals surface area contributed by atoms with Gasteiger partial charge in [-0.15, -0.1) is 0 Å². The summed E-state index contributed by atoms with van der Waals surface area (Å²) in [6.45, 7) is 4.59. The number of ether oxygens (including phenoxy) is 3. The average molecular weight is 304 g/mol. The summed E-state index contributed by atoms with van der Waals surface area (Å²) in [6, 6.07) is 10.4. The summed E-state index contributed by atoms with van der Waals surface area (Å²) in [5, 5.41) is 0. The Kier molecular flexibility index (Phi) is 4.24. The van der Waals surface area contributed by atoms with Crippen molar-refractivity contribution in [1.29, 1.82) is 0 Å². The van der Waals surface area contributed by atoms with Gasteiger partial charge in [-0.25, -0.2) is 4.79 Å². The zero-order valence-electron chi connectivity index (χ0n) is 13.3. The predicted octanol–water partition coefficient (Wildman–Crippen LogP) is 3.19. The average Bonchev–Trinajstić information content (AvgIpc) is 3.04. The van der Waals surface area contributed by atoms with Crippen molar-refractivity contribution in [3.05, 3.63) is 35.9 Å². The van der Waals surface area contributed by atoms with Crippen molar-refractivity contribution in [2.45, 2.75) is 56.8 Å². The second-order valence-corrected chi connectivity index (χ2v) is 6.17. The predicted molar refractivity (Wildman–Crippen MR) is 82.5 cm³/mol. The van der Waals surface area contributed by atoms with E-state index in [4.69, 9.17) is 14.2 Å².